The van der Waals surface area contributed by atoms with Gasteiger partial charge >= 0.3 is 0 Å². The van der Waals surface area contributed by atoms with Gasteiger partial charge in [-0.1, -0.05) is 6.92 Å². The highest BCUT2D eigenvalue weighted by Crippen LogP contribution is 2.21. The molecule has 0 aromatic carbocycles. The Morgan fingerprint density at radius 1 is 1.50 bits per heavy atom. The normalized spacial score (nSPS) is 25.5. The van der Waals surface area contributed by atoms with Crippen LogP contribution in [0.5, 0.6) is 0 Å². The minimum absolute atomic E-state index is 0.402. The van der Waals surface area contributed by atoms with E-state index in [1.807, 2.05) is 0 Å². The summed E-state index contributed by atoms with van der Waals surface area (Å²) in [6, 6.07) is 2.65. The molecule has 1 aliphatic rings. The van der Waals surface area contributed by atoms with Gasteiger partial charge in [0.1, 0.15) is 0 Å². The van der Waals surface area contributed by atoms with E-state index in [1.54, 1.807) is 0 Å². The number of aromatic nitrogens is 1. The van der Waals surface area contributed by atoms with Gasteiger partial charge in [-0.2, -0.15) is 0 Å². The van der Waals surface area contributed by atoms with E-state index < -0.39 is 0 Å². The summed E-state index contributed by atoms with van der Waals surface area (Å²) in [6.07, 6.45) is 8.84. The van der Waals surface area contributed by atoms with Gasteiger partial charge in [0.15, 0.2) is 0 Å². The Balaban J connectivity index is 1.85. The highest BCUT2D eigenvalue weighted by molar-refractivity contribution is 5.14. The van der Waals surface area contributed by atoms with Gasteiger partial charge in [0.25, 0.3) is 0 Å². The van der Waals surface area contributed by atoms with Crippen molar-refractivity contribution in [1.29, 1.82) is 0 Å². The van der Waals surface area contributed by atoms with E-state index >= 15 is 0 Å². The van der Waals surface area contributed by atoms with Gasteiger partial charge in [0, 0.05) is 25.0 Å². The van der Waals surface area contributed by atoms with Crippen molar-refractivity contribution in [2.45, 2.75) is 64.8 Å². The summed E-state index contributed by atoms with van der Waals surface area (Å²) in [6.45, 7) is 8.66. The second-order valence-corrected chi connectivity index (χ2v) is 5.46. The van der Waals surface area contributed by atoms with Crippen LogP contribution in [-0.4, -0.2) is 23.3 Å². The summed E-state index contributed by atoms with van der Waals surface area (Å²) in [5, 5.41) is 3.52. The molecule has 3 atom stereocenters. The van der Waals surface area contributed by atoms with E-state index in [-0.39, 0.29) is 0 Å². The van der Waals surface area contributed by atoms with E-state index in [0.29, 0.717) is 18.2 Å². The van der Waals surface area contributed by atoms with Crippen molar-refractivity contribution in [3.8, 4) is 0 Å². The fraction of sp³-hybridized carbons (Fsp3) is 0.733. The predicted molar refractivity (Wildman–Crippen MR) is 74.7 cm³/mol. The molecule has 2 heterocycles. The van der Waals surface area contributed by atoms with Gasteiger partial charge in [-0.3, -0.25) is 0 Å². The minimum atomic E-state index is 0.402. The summed E-state index contributed by atoms with van der Waals surface area (Å²) in [7, 11) is 0. The van der Waals surface area contributed by atoms with E-state index in [9.17, 15) is 0 Å². The zero-order valence-electron chi connectivity index (χ0n) is 11.9. The summed E-state index contributed by atoms with van der Waals surface area (Å²) in [4.78, 5) is 0. The van der Waals surface area contributed by atoms with Crippen molar-refractivity contribution in [3.63, 3.8) is 0 Å². The van der Waals surface area contributed by atoms with Crippen LogP contribution in [0, 0.1) is 0 Å². The largest absolute Gasteiger partial charge is 0.373 e. The summed E-state index contributed by atoms with van der Waals surface area (Å²) < 4.78 is 8.13. The number of ether oxygens (including phenoxy) is 1. The fourth-order valence-electron chi connectivity index (χ4n) is 2.56. The second kappa shape index (κ2) is 6.39. The molecule has 1 fully saturated rings. The van der Waals surface area contributed by atoms with Crippen LogP contribution in [0.1, 0.15) is 51.6 Å². The van der Waals surface area contributed by atoms with Crippen molar-refractivity contribution >= 4 is 0 Å². The average Bonchev–Trinajstić information content (AvgIpc) is 2.96. The van der Waals surface area contributed by atoms with Gasteiger partial charge in [-0.05, 0) is 51.3 Å². The van der Waals surface area contributed by atoms with Crippen molar-refractivity contribution in [2.24, 2.45) is 0 Å². The lowest BCUT2D eigenvalue weighted by molar-refractivity contribution is 0.0458. The smallest absolute Gasteiger partial charge is 0.0758 e. The molecule has 1 saturated heterocycles. The first-order valence-corrected chi connectivity index (χ1v) is 7.23. The molecule has 0 amide bonds. The van der Waals surface area contributed by atoms with Gasteiger partial charge in [0.05, 0.1) is 12.2 Å². The first kappa shape index (κ1) is 13.6. The second-order valence-electron chi connectivity index (χ2n) is 5.46. The lowest BCUT2D eigenvalue weighted by atomic mass is 10.2. The molecule has 3 nitrogen and oxygen atoms in total. The highest BCUT2D eigenvalue weighted by Gasteiger charge is 2.21. The molecule has 102 valence electrons. The van der Waals surface area contributed by atoms with E-state index in [4.69, 9.17) is 4.74 Å². The maximum Gasteiger partial charge on any atom is 0.0758 e. The van der Waals surface area contributed by atoms with Crippen LogP contribution in [0.25, 0.3) is 0 Å². The molecule has 3 unspecified atom stereocenters. The van der Waals surface area contributed by atoms with Crippen LogP contribution < -0.4 is 5.32 Å². The van der Waals surface area contributed by atoms with Crippen LogP contribution in [0.2, 0.25) is 0 Å². The number of rotatable bonds is 6. The highest BCUT2D eigenvalue weighted by atomic mass is 16.5. The lowest BCUT2D eigenvalue weighted by Gasteiger charge is -2.13. The molecule has 0 saturated carbocycles. The molecule has 0 bridgehead atoms. The van der Waals surface area contributed by atoms with Crippen LogP contribution in [0.4, 0.5) is 0 Å². The van der Waals surface area contributed by atoms with Crippen molar-refractivity contribution < 1.29 is 4.74 Å². The summed E-state index contributed by atoms with van der Waals surface area (Å²) >= 11 is 0. The lowest BCUT2D eigenvalue weighted by Crippen LogP contribution is -2.19. The molecular weight excluding hydrogens is 224 g/mol. The topological polar surface area (TPSA) is 26.2 Å². The average molecular weight is 250 g/mol. The summed E-state index contributed by atoms with van der Waals surface area (Å²) in [5.41, 5.74) is 1.37. The minimum Gasteiger partial charge on any atom is -0.373 e. The molecule has 3 heteroatoms. The molecule has 1 aromatic rings. The predicted octanol–water partition coefficient (Wildman–Crippen LogP) is 3.12. The maximum absolute atomic E-state index is 5.86. The third kappa shape index (κ3) is 3.59. The molecule has 18 heavy (non-hydrogen) atoms. The summed E-state index contributed by atoms with van der Waals surface area (Å²) in [5.74, 6) is 0. The van der Waals surface area contributed by atoms with Gasteiger partial charge in [0.2, 0.25) is 0 Å². The molecule has 0 aliphatic carbocycles. The van der Waals surface area contributed by atoms with Gasteiger partial charge < -0.3 is 14.6 Å². The Kier molecular flexibility index (Phi) is 4.84. The van der Waals surface area contributed by atoms with E-state index in [1.165, 1.54) is 24.8 Å². The number of hydrogen-bond acceptors (Lipinski definition) is 2. The van der Waals surface area contributed by atoms with E-state index in [2.05, 4.69) is 49.1 Å². The molecular formula is C15H26N2O. The third-order valence-corrected chi connectivity index (χ3v) is 3.71. The maximum atomic E-state index is 5.86. The zero-order valence-corrected chi connectivity index (χ0v) is 11.9. The molecule has 1 aromatic heterocycles. The number of nitrogens with zero attached hydrogens (tertiary/aromatic N) is 1. The van der Waals surface area contributed by atoms with Crippen molar-refractivity contribution in [2.75, 3.05) is 6.54 Å². The SMILES string of the molecule is CCCNC(C)c1ccn(CC2CCC(C)O2)c1. The molecule has 1 N–H and O–H groups in total. The van der Waals surface area contributed by atoms with Gasteiger partial charge in [-0.15, -0.1) is 0 Å². The Morgan fingerprint density at radius 2 is 2.33 bits per heavy atom. The van der Waals surface area contributed by atoms with E-state index in [0.717, 1.165) is 13.1 Å². The Bertz CT molecular complexity index is 361. The number of nitrogens with one attached hydrogen (secondary N) is 1. The quantitative estimate of drug-likeness (QED) is 0.839. The van der Waals surface area contributed by atoms with Gasteiger partial charge in [-0.25, -0.2) is 0 Å². The first-order chi connectivity index (χ1) is 8.69. The molecule has 0 spiro atoms. The Hall–Kier alpha value is -0.800. The Morgan fingerprint density at radius 3 is 3.00 bits per heavy atom. The van der Waals surface area contributed by atoms with Crippen LogP contribution in [0.3, 0.4) is 0 Å². The zero-order chi connectivity index (χ0) is 13.0. The van der Waals surface area contributed by atoms with Crippen LogP contribution in [-0.2, 0) is 11.3 Å². The molecule has 0 radical (unpaired) electrons. The van der Waals surface area contributed by atoms with Crippen molar-refractivity contribution in [1.82, 2.24) is 9.88 Å². The van der Waals surface area contributed by atoms with Crippen LogP contribution >= 0.6 is 0 Å². The molecule has 1 aliphatic heterocycles. The fourth-order valence-corrected chi connectivity index (χ4v) is 2.56. The standard InChI is InChI=1S/C15H26N2O/c1-4-8-16-13(3)14-7-9-17(10-14)11-15-6-5-12(2)18-15/h7,9-10,12-13,15-16H,4-6,8,11H2,1-3H3. The monoisotopic (exact) mass is 250 g/mol. The number of hydrogen-bond donors (Lipinski definition) is 1. The third-order valence-electron chi connectivity index (χ3n) is 3.71. The Labute approximate surface area is 111 Å². The molecule has 2 rings (SSSR count). The van der Waals surface area contributed by atoms with Crippen LogP contribution in [0.15, 0.2) is 18.5 Å². The van der Waals surface area contributed by atoms with Crippen molar-refractivity contribution in [3.05, 3.63) is 24.0 Å². The first-order valence-electron chi connectivity index (χ1n) is 7.23.